The number of hydrogen-bond acceptors (Lipinski definition) is 16. The van der Waals surface area contributed by atoms with Crippen LogP contribution in [-0.4, -0.2) is 123 Å². The van der Waals surface area contributed by atoms with Gasteiger partial charge in [-0.1, -0.05) is 64.7 Å². The van der Waals surface area contributed by atoms with Gasteiger partial charge in [-0.05, 0) is 93.5 Å². The fourth-order valence-electron chi connectivity index (χ4n) is 14.2. The van der Waals surface area contributed by atoms with Gasteiger partial charge in [0.1, 0.15) is 11.3 Å². The molecular weight excluding hydrogens is 933 g/mol. The van der Waals surface area contributed by atoms with Gasteiger partial charge in [0.05, 0.1) is 36.9 Å². The molecule has 8 N–H and O–H groups in total. The molecule has 2 saturated carbocycles. The Morgan fingerprint density at radius 2 is 1.91 bits per heavy atom. The van der Waals surface area contributed by atoms with Crippen molar-refractivity contribution in [2.75, 3.05) is 45.8 Å². The Balaban J connectivity index is 1.14. The number of benzene rings is 1. The number of dihydropyridines is 1. The van der Waals surface area contributed by atoms with Crippen LogP contribution < -0.4 is 26.7 Å². The highest BCUT2D eigenvalue weighted by Gasteiger charge is 2.68. The van der Waals surface area contributed by atoms with Crippen molar-refractivity contribution in [3.8, 4) is 5.75 Å². The highest BCUT2D eigenvalue weighted by atomic mass is 33.1. The van der Waals surface area contributed by atoms with Gasteiger partial charge in [0.15, 0.2) is 17.0 Å². The number of nitrogens with zero attached hydrogens (tertiary/aromatic N) is 1. The van der Waals surface area contributed by atoms with Gasteiger partial charge < -0.3 is 55.6 Å². The van der Waals surface area contributed by atoms with E-state index in [0.29, 0.717) is 54.0 Å². The minimum absolute atomic E-state index is 0.0354. The molecule has 1 spiro atoms. The molecule has 0 radical (unpaired) electrons. The number of carbonyl (C=O) groups is 3. The van der Waals surface area contributed by atoms with Gasteiger partial charge in [0.25, 0.3) is 0 Å². The SMILES string of the molecule is CC=C(CCO)C(=O)OC1(C)C(CO)C=C2CSSC3CC4C(=O)C=CC5C(C4NC)C3N5C(=O)CC3=C(C=C(N)NC3)C2C12Cc1cc3cc(C4(C(CO)CCO)CCCCC4)c(=O)oc3cc1O2. The van der Waals surface area contributed by atoms with Crippen LogP contribution in [0, 0.1) is 29.6 Å². The maximum atomic E-state index is 15.1. The molecule has 11 atom stereocenters. The Bertz CT molecular complexity index is 2670. The molecule has 8 aliphatic rings. The van der Waals surface area contributed by atoms with Crippen LogP contribution in [0.25, 0.3) is 11.0 Å². The van der Waals surface area contributed by atoms with Crippen molar-refractivity contribution in [2.45, 2.75) is 118 Å². The molecular formula is C53H66N4O11S2. The smallest absolute Gasteiger partial charge is 0.340 e. The minimum atomic E-state index is -1.60. The summed E-state index contributed by atoms with van der Waals surface area (Å²) in [5.74, 6) is -1.42. The van der Waals surface area contributed by atoms with Gasteiger partial charge in [-0.2, -0.15) is 0 Å². The van der Waals surface area contributed by atoms with Gasteiger partial charge in [-0.15, -0.1) is 0 Å². The maximum Gasteiger partial charge on any atom is 0.340 e. The lowest BCUT2D eigenvalue weighted by molar-refractivity contribution is -0.202. The predicted octanol–water partition coefficient (Wildman–Crippen LogP) is 4.25. The fourth-order valence-corrected chi connectivity index (χ4v) is 17.2. The van der Waals surface area contributed by atoms with Crippen LogP contribution in [0.1, 0.15) is 82.8 Å². The van der Waals surface area contributed by atoms with E-state index in [4.69, 9.17) is 19.6 Å². The number of fused-ring (bicyclic) bond motifs is 7. The molecule has 17 heteroatoms. The second-order valence-electron chi connectivity index (χ2n) is 20.8. The van der Waals surface area contributed by atoms with Gasteiger partial charge in [0, 0.05) is 102 Å². The first kappa shape index (κ1) is 49.2. The Hall–Kier alpha value is -4.36. The minimum Gasteiger partial charge on any atom is -0.481 e. The molecule has 1 aromatic heterocycles. The number of aliphatic hydroxyl groups excluding tert-OH is 4. The van der Waals surface area contributed by atoms with E-state index in [2.05, 4.69) is 10.6 Å². The first-order chi connectivity index (χ1) is 33.8. The molecule has 11 unspecified atom stereocenters. The third-order valence-corrected chi connectivity index (χ3v) is 20.4. The Labute approximate surface area is 415 Å². The number of amides is 1. The van der Waals surface area contributed by atoms with E-state index in [0.717, 1.165) is 41.5 Å². The number of ether oxygens (including phenoxy) is 2. The zero-order chi connectivity index (χ0) is 49.3. The first-order valence-corrected chi connectivity index (χ1v) is 27.4. The molecule has 10 rings (SSSR count). The van der Waals surface area contributed by atoms with E-state index < -0.39 is 46.7 Å². The van der Waals surface area contributed by atoms with Gasteiger partial charge in [-0.25, -0.2) is 9.59 Å². The second kappa shape index (κ2) is 19.2. The largest absolute Gasteiger partial charge is 0.481 e. The quantitative estimate of drug-likeness (QED) is 0.0548. The molecule has 5 heterocycles. The van der Waals surface area contributed by atoms with Crippen molar-refractivity contribution in [2.24, 2.45) is 35.3 Å². The normalized spacial score (nSPS) is 33.8. The van der Waals surface area contributed by atoms with Crippen LogP contribution in [0.2, 0.25) is 0 Å². The first-order valence-electron chi connectivity index (χ1n) is 25.0. The Kier molecular flexibility index (Phi) is 13.5. The number of rotatable bonds is 11. The molecule has 1 aromatic carbocycles. The standard InChI is InChI=1S/C53H66N4O11S2/c1-4-28(10-14-58)49(64)68-51(2)34(26-61)17-32-27-69-70-42-20-36-39(62)9-8-38-45(47(36)55-3)48(42)57(38)44(63)19-31-24-56-43(54)21-35(31)46(32)53(51)23-30-16-29-18-37(50(65)66-40(29)22-41(30)67-53)52(12-6-5-7-13-52)33(25-60)11-15-59/h4,8-9,16-18,21-22,33-34,36,38,42,45-48,55-56,58-61H,5-7,10-15,19-20,23-27,54H2,1-3H3. The monoisotopic (exact) mass is 998 g/mol. The number of ketones is 1. The molecule has 2 aromatic rings. The number of hydrogen-bond donors (Lipinski definition) is 7. The summed E-state index contributed by atoms with van der Waals surface area (Å²) in [7, 11) is 5.24. The Morgan fingerprint density at radius 3 is 2.63 bits per heavy atom. The third-order valence-electron chi connectivity index (χ3n) is 17.6. The summed E-state index contributed by atoms with van der Waals surface area (Å²) in [6, 6.07) is 5.16. The molecule has 4 aliphatic carbocycles. The summed E-state index contributed by atoms with van der Waals surface area (Å²) < 4.78 is 20.5. The highest BCUT2D eigenvalue weighted by molar-refractivity contribution is 8.77. The van der Waals surface area contributed by atoms with Crippen LogP contribution >= 0.6 is 21.6 Å². The van der Waals surface area contributed by atoms with Crippen LogP contribution in [0.4, 0.5) is 0 Å². The number of aliphatic hydroxyl groups is 4. The summed E-state index contributed by atoms with van der Waals surface area (Å²) in [4.78, 5) is 59.4. The average Bonchev–Trinajstić information content (AvgIpc) is 3.71. The van der Waals surface area contributed by atoms with Crippen LogP contribution in [0.5, 0.6) is 5.75 Å². The lowest BCUT2D eigenvalue weighted by Gasteiger charge is -2.62. The van der Waals surface area contributed by atoms with Crippen molar-refractivity contribution < 1.29 is 48.7 Å². The van der Waals surface area contributed by atoms with Crippen molar-refractivity contribution in [1.29, 1.82) is 0 Å². The van der Waals surface area contributed by atoms with E-state index in [-0.39, 0.29) is 110 Å². The summed E-state index contributed by atoms with van der Waals surface area (Å²) in [6.45, 7) is 2.75. The van der Waals surface area contributed by atoms with Gasteiger partial charge in [0.2, 0.25) is 5.91 Å². The number of carbonyl (C=O) groups excluding carboxylic acids is 3. The zero-order valence-corrected chi connectivity index (χ0v) is 41.7. The molecule has 4 aliphatic heterocycles. The molecule has 3 fully saturated rings. The van der Waals surface area contributed by atoms with E-state index in [1.807, 2.05) is 42.3 Å². The van der Waals surface area contributed by atoms with Crippen molar-refractivity contribution in [3.63, 3.8) is 0 Å². The topological polar surface area (TPSA) is 234 Å². The highest BCUT2D eigenvalue weighted by Crippen LogP contribution is 2.60. The molecule has 70 heavy (non-hydrogen) atoms. The van der Waals surface area contributed by atoms with E-state index in [1.165, 1.54) is 0 Å². The number of allylic oxidation sites excluding steroid dienone is 3. The van der Waals surface area contributed by atoms with Crippen LogP contribution in [0.15, 0.2) is 85.9 Å². The van der Waals surface area contributed by atoms with E-state index in [1.54, 1.807) is 53.7 Å². The summed E-state index contributed by atoms with van der Waals surface area (Å²) in [6.07, 6.45) is 14.4. The van der Waals surface area contributed by atoms with Crippen molar-refractivity contribution >= 4 is 50.2 Å². The molecule has 1 saturated heterocycles. The third kappa shape index (κ3) is 7.74. The van der Waals surface area contributed by atoms with Gasteiger partial charge in [-0.3, -0.25) is 9.59 Å². The molecule has 2 bridgehead atoms. The van der Waals surface area contributed by atoms with Crippen LogP contribution in [-0.2, 0) is 31.0 Å². The summed E-state index contributed by atoms with van der Waals surface area (Å²) >= 11 is 0. The number of nitrogens with one attached hydrogen (secondary N) is 2. The number of esters is 1. The summed E-state index contributed by atoms with van der Waals surface area (Å²) in [5.41, 5.74) is 6.59. The van der Waals surface area contributed by atoms with Gasteiger partial charge >= 0.3 is 11.6 Å². The van der Waals surface area contributed by atoms with Crippen LogP contribution in [0.3, 0.4) is 0 Å². The van der Waals surface area contributed by atoms with E-state index in [9.17, 15) is 34.8 Å². The summed E-state index contributed by atoms with van der Waals surface area (Å²) in [5, 5.41) is 49.7. The van der Waals surface area contributed by atoms with Crippen molar-refractivity contribution in [1.82, 2.24) is 15.5 Å². The van der Waals surface area contributed by atoms with Crippen molar-refractivity contribution in [3.05, 3.63) is 98.2 Å². The lowest BCUT2D eigenvalue weighted by atomic mass is 9.57. The van der Waals surface area contributed by atoms with E-state index >= 15 is 4.79 Å². The predicted molar refractivity (Wildman–Crippen MR) is 267 cm³/mol. The second-order valence-corrected chi connectivity index (χ2v) is 23.4. The average molecular weight is 999 g/mol. The fraction of sp³-hybridized carbons (Fsp3) is 0.585. The molecule has 1 amide bonds. The maximum absolute atomic E-state index is 15.1. The molecule has 376 valence electrons. The lowest BCUT2D eigenvalue weighted by Crippen LogP contribution is -2.75. The Morgan fingerprint density at radius 1 is 1.11 bits per heavy atom. The zero-order valence-electron chi connectivity index (χ0n) is 40.1. The number of nitrogens with two attached hydrogens (primary N) is 1. The molecule has 15 nitrogen and oxygen atoms in total.